The van der Waals surface area contributed by atoms with Crippen molar-refractivity contribution < 1.29 is 9.50 Å². The maximum Gasteiger partial charge on any atom is 0.266 e. The molecule has 1 N–H and O–H groups in total. The number of halogens is 1. The van der Waals surface area contributed by atoms with E-state index in [2.05, 4.69) is 10.00 Å². The third-order valence-corrected chi connectivity index (χ3v) is 5.76. The van der Waals surface area contributed by atoms with Crippen molar-refractivity contribution in [2.24, 2.45) is 0 Å². The summed E-state index contributed by atoms with van der Waals surface area (Å²) in [7, 11) is 0. The van der Waals surface area contributed by atoms with Crippen LogP contribution < -0.4 is 5.56 Å². The Morgan fingerprint density at radius 2 is 1.88 bits per heavy atom. The van der Waals surface area contributed by atoms with Gasteiger partial charge in [-0.1, -0.05) is 18.2 Å². The summed E-state index contributed by atoms with van der Waals surface area (Å²) in [5.41, 5.74) is 0.326. The molecule has 1 aromatic carbocycles. The van der Waals surface area contributed by atoms with Gasteiger partial charge in [-0.15, -0.1) is 0 Å². The fourth-order valence-electron chi connectivity index (χ4n) is 4.57. The average Bonchev–Trinajstić information content (AvgIpc) is 2.84. The van der Waals surface area contributed by atoms with E-state index in [1.807, 2.05) is 19.1 Å². The zero-order valence-corrected chi connectivity index (χ0v) is 14.9. The zero-order chi connectivity index (χ0) is 18.3. The van der Waals surface area contributed by atoms with E-state index in [-0.39, 0.29) is 30.0 Å². The van der Waals surface area contributed by atoms with E-state index in [9.17, 15) is 14.3 Å². The molecule has 3 heterocycles. The molecule has 2 bridgehead atoms. The molecule has 0 spiro atoms. The topological polar surface area (TPSA) is 58.4 Å². The fraction of sp³-hybridized carbons (Fsp3) is 0.500. The number of nitrogens with zero attached hydrogens (tertiary/aromatic N) is 3. The molecule has 0 radical (unpaired) electrons. The summed E-state index contributed by atoms with van der Waals surface area (Å²) in [6, 6.07) is 10.5. The molecule has 4 rings (SSSR count). The van der Waals surface area contributed by atoms with Crippen molar-refractivity contribution in [2.45, 2.75) is 63.4 Å². The van der Waals surface area contributed by atoms with Crippen LogP contribution in [0.25, 0.3) is 0 Å². The lowest BCUT2D eigenvalue weighted by atomic mass is 9.85. The molecule has 5 nitrogen and oxygen atoms in total. The quantitative estimate of drug-likeness (QED) is 0.912. The molecule has 1 aromatic heterocycles. The molecule has 0 aliphatic carbocycles. The Balaban J connectivity index is 1.51. The van der Waals surface area contributed by atoms with Gasteiger partial charge in [0.2, 0.25) is 0 Å². The summed E-state index contributed by atoms with van der Waals surface area (Å²) in [6.45, 7) is 2.62. The van der Waals surface area contributed by atoms with Gasteiger partial charge < -0.3 is 5.11 Å². The van der Waals surface area contributed by atoms with Crippen molar-refractivity contribution in [3.05, 3.63) is 63.8 Å². The Morgan fingerprint density at radius 3 is 2.58 bits per heavy atom. The van der Waals surface area contributed by atoms with E-state index in [1.54, 1.807) is 12.1 Å². The Morgan fingerprint density at radius 1 is 1.19 bits per heavy atom. The number of rotatable bonds is 4. The summed E-state index contributed by atoms with van der Waals surface area (Å²) < 4.78 is 15.4. The maximum atomic E-state index is 14.0. The summed E-state index contributed by atoms with van der Waals surface area (Å²) in [5, 5.41) is 15.4. The van der Waals surface area contributed by atoms with Crippen molar-refractivity contribution in [1.29, 1.82) is 0 Å². The molecule has 3 atom stereocenters. The highest BCUT2D eigenvalue weighted by Gasteiger charge is 2.47. The predicted molar refractivity (Wildman–Crippen MR) is 96.2 cm³/mol. The van der Waals surface area contributed by atoms with Crippen molar-refractivity contribution in [3.8, 4) is 0 Å². The summed E-state index contributed by atoms with van der Waals surface area (Å²) >= 11 is 0. The van der Waals surface area contributed by atoms with Crippen molar-refractivity contribution in [3.63, 3.8) is 0 Å². The van der Waals surface area contributed by atoms with Gasteiger partial charge in [-0.25, -0.2) is 9.07 Å². The number of hydrogen-bond acceptors (Lipinski definition) is 4. The lowest BCUT2D eigenvalue weighted by Crippen LogP contribution is -2.53. The Hall–Kier alpha value is -2.05. The SMILES string of the molecule is Cc1ccc(=O)n(CC2(O)C[C@H]3CC[C@@H](C2)N3Cc2ccccc2F)n1. The van der Waals surface area contributed by atoms with Crippen molar-refractivity contribution in [1.82, 2.24) is 14.7 Å². The molecule has 26 heavy (non-hydrogen) atoms. The van der Waals surface area contributed by atoms with E-state index in [1.165, 1.54) is 16.8 Å². The first-order chi connectivity index (χ1) is 12.4. The van der Waals surface area contributed by atoms with Crippen LogP contribution in [0.2, 0.25) is 0 Å². The third kappa shape index (κ3) is 3.31. The maximum absolute atomic E-state index is 14.0. The van der Waals surface area contributed by atoms with Gasteiger partial charge in [-0.3, -0.25) is 9.69 Å². The minimum Gasteiger partial charge on any atom is -0.388 e. The molecule has 2 aromatic rings. The zero-order valence-electron chi connectivity index (χ0n) is 14.9. The Labute approximate surface area is 152 Å². The van der Waals surface area contributed by atoms with Crippen LogP contribution in [-0.2, 0) is 13.1 Å². The lowest BCUT2D eigenvalue weighted by Gasteiger charge is -2.43. The molecule has 0 saturated carbocycles. The first kappa shape index (κ1) is 17.4. The fourth-order valence-corrected chi connectivity index (χ4v) is 4.57. The molecular weight excluding hydrogens is 333 g/mol. The molecule has 2 saturated heterocycles. The van der Waals surface area contributed by atoms with Gasteiger partial charge in [-0.2, -0.15) is 5.10 Å². The van der Waals surface area contributed by atoms with Gasteiger partial charge in [0.15, 0.2) is 0 Å². The lowest BCUT2D eigenvalue weighted by molar-refractivity contribution is -0.0679. The van der Waals surface area contributed by atoms with Gasteiger partial charge in [0, 0.05) is 30.3 Å². The molecular formula is C20H24FN3O2. The highest BCUT2D eigenvalue weighted by molar-refractivity contribution is 5.18. The van der Waals surface area contributed by atoms with Crippen LogP contribution in [0.4, 0.5) is 4.39 Å². The number of aromatic nitrogens is 2. The standard InChI is InChI=1S/C20H24FN3O2/c1-14-6-9-19(25)24(22-14)13-20(26)10-16-7-8-17(11-20)23(16)12-15-4-2-3-5-18(15)21/h2-6,9,16-17,26H,7-8,10-13H2,1H3/t16-,17+,20?. The molecule has 138 valence electrons. The molecule has 2 aliphatic rings. The normalized spacial score (nSPS) is 28.4. The second kappa shape index (κ2) is 6.59. The minimum atomic E-state index is -0.942. The van der Waals surface area contributed by atoms with Gasteiger partial charge >= 0.3 is 0 Å². The van der Waals surface area contributed by atoms with Gasteiger partial charge in [0.05, 0.1) is 17.8 Å². The van der Waals surface area contributed by atoms with Crippen LogP contribution >= 0.6 is 0 Å². The van der Waals surface area contributed by atoms with E-state index < -0.39 is 5.60 Å². The van der Waals surface area contributed by atoms with Crippen LogP contribution in [0.1, 0.15) is 36.9 Å². The predicted octanol–water partition coefficient (Wildman–Crippen LogP) is 2.25. The molecule has 2 fully saturated rings. The van der Waals surface area contributed by atoms with Crippen molar-refractivity contribution >= 4 is 0 Å². The number of aliphatic hydroxyl groups is 1. The summed E-state index contributed by atoms with van der Waals surface area (Å²) in [5.74, 6) is -0.178. The van der Waals surface area contributed by atoms with Crippen LogP contribution in [-0.4, -0.2) is 37.5 Å². The number of hydrogen-bond donors (Lipinski definition) is 1. The number of aryl methyl sites for hydroxylation is 1. The third-order valence-electron chi connectivity index (χ3n) is 5.76. The Kier molecular flexibility index (Phi) is 4.40. The van der Waals surface area contributed by atoms with Crippen molar-refractivity contribution in [2.75, 3.05) is 0 Å². The molecule has 1 unspecified atom stereocenters. The summed E-state index contributed by atoms with van der Waals surface area (Å²) in [4.78, 5) is 14.4. The smallest absolute Gasteiger partial charge is 0.266 e. The second-order valence-corrected chi connectivity index (χ2v) is 7.75. The van der Waals surface area contributed by atoms with E-state index in [4.69, 9.17) is 0 Å². The highest BCUT2D eigenvalue weighted by atomic mass is 19.1. The number of fused-ring (bicyclic) bond motifs is 2. The van der Waals surface area contributed by atoms with Crippen LogP contribution in [0.5, 0.6) is 0 Å². The monoisotopic (exact) mass is 357 g/mol. The summed E-state index contributed by atoms with van der Waals surface area (Å²) in [6.07, 6.45) is 3.16. The van der Waals surface area contributed by atoms with Crippen LogP contribution in [0.3, 0.4) is 0 Å². The molecule has 2 aliphatic heterocycles. The number of benzene rings is 1. The van der Waals surface area contributed by atoms with E-state index >= 15 is 0 Å². The van der Waals surface area contributed by atoms with E-state index in [0.29, 0.717) is 24.9 Å². The molecule has 0 amide bonds. The van der Waals surface area contributed by atoms with Crippen LogP contribution in [0.15, 0.2) is 41.2 Å². The second-order valence-electron chi connectivity index (χ2n) is 7.75. The Bertz CT molecular complexity index is 852. The largest absolute Gasteiger partial charge is 0.388 e. The van der Waals surface area contributed by atoms with E-state index in [0.717, 1.165) is 18.5 Å². The highest BCUT2D eigenvalue weighted by Crippen LogP contribution is 2.42. The van der Waals surface area contributed by atoms with Gasteiger partial charge in [-0.05, 0) is 44.7 Å². The van der Waals surface area contributed by atoms with Gasteiger partial charge in [0.1, 0.15) is 5.82 Å². The minimum absolute atomic E-state index is 0.178. The average molecular weight is 357 g/mol. The van der Waals surface area contributed by atoms with Gasteiger partial charge in [0.25, 0.3) is 5.56 Å². The first-order valence-corrected chi connectivity index (χ1v) is 9.20. The van der Waals surface area contributed by atoms with Crippen LogP contribution in [0, 0.1) is 12.7 Å². The number of piperidine rings is 1. The first-order valence-electron chi connectivity index (χ1n) is 9.20. The molecule has 6 heteroatoms.